The van der Waals surface area contributed by atoms with Gasteiger partial charge in [0.05, 0.1) is 7.11 Å². The molecular weight excluding hydrogens is 354 g/mol. The summed E-state index contributed by atoms with van der Waals surface area (Å²) in [5.41, 5.74) is 1.67. The quantitative estimate of drug-likeness (QED) is 0.544. The number of piperidine rings is 1. The third-order valence-corrected chi connectivity index (χ3v) is 5.39. The van der Waals surface area contributed by atoms with E-state index in [1.54, 1.807) is 24.1 Å². The van der Waals surface area contributed by atoms with Gasteiger partial charge in [-0.1, -0.05) is 18.2 Å². The third-order valence-electron chi connectivity index (χ3n) is 5.39. The largest absolute Gasteiger partial charge is 0.619 e. The van der Waals surface area contributed by atoms with Crippen molar-refractivity contribution >= 4 is 5.91 Å². The zero-order valence-corrected chi connectivity index (χ0v) is 16.7. The summed E-state index contributed by atoms with van der Waals surface area (Å²) >= 11 is 0. The van der Waals surface area contributed by atoms with Gasteiger partial charge in [0.15, 0.2) is 12.4 Å². The number of hydrogen-bond acceptors (Lipinski definition) is 4. The average molecular weight is 383 g/mol. The van der Waals surface area contributed by atoms with Crippen LogP contribution in [0.15, 0.2) is 48.8 Å². The number of carbonyl (C=O) groups is 1. The summed E-state index contributed by atoms with van der Waals surface area (Å²) in [6.07, 6.45) is 5.94. The van der Waals surface area contributed by atoms with Gasteiger partial charge in [-0.2, -0.15) is 4.73 Å². The molecule has 1 amide bonds. The number of carbonyl (C=O) groups excluding carboxylic acids is 1. The lowest BCUT2D eigenvalue weighted by Crippen LogP contribution is -2.42. The summed E-state index contributed by atoms with van der Waals surface area (Å²) in [4.78, 5) is 16.8. The fourth-order valence-electron chi connectivity index (χ4n) is 3.96. The Morgan fingerprint density at radius 3 is 2.93 bits per heavy atom. The first kappa shape index (κ1) is 20.1. The zero-order valence-electron chi connectivity index (χ0n) is 16.7. The van der Waals surface area contributed by atoms with Crippen molar-refractivity contribution in [2.24, 2.45) is 5.92 Å². The number of benzene rings is 1. The number of nitrogens with zero attached hydrogens (tertiary/aromatic N) is 3. The van der Waals surface area contributed by atoms with Crippen molar-refractivity contribution in [2.45, 2.75) is 19.3 Å². The van der Waals surface area contributed by atoms with Crippen LogP contribution in [0.2, 0.25) is 0 Å². The van der Waals surface area contributed by atoms with Gasteiger partial charge in [-0.05, 0) is 49.4 Å². The van der Waals surface area contributed by atoms with Gasteiger partial charge in [0.1, 0.15) is 11.3 Å². The molecule has 1 aliphatic heterocycles. The van der Waals surface area contributed by atoms with Crippen LogP contribution >= 0.6 is 0 Å². The number of methoxy groups -OCH3 is 1. The van der Waals surface area contributed by atoms with Crippen LogP contribution in [0.1, 0.15) is 28.8 Å². The highest BCUT2D eigenvalue weighted by Crippen LogP contribution is 2.21. The van der Waals surface area contributed by atoms with Crippen LogP contribution in [0.5, 0.6) is 5.75 Å². The maximum Gasteiger partial charge on any atom is 0.259 e. The van der Waals surface area contributed by atoms with Gasteiger partial charge in [0.2, 0.25) is 0 Å². The van der Waals surface area contributed by atoms with Gasteiger partial charge >= 0.3 is 0 Å². The predicted molar refractivity (Wildman–Crippen MR) is 108 cm³/mol. The van der Waals surface area contributed by atoms with Crippen molar-refractivity contribution in [1.29, 1.82) is 0 Å². The van der Waals surface area contributed by atoms with E-state index < -0.39 is 0 Å². The molecule has 2 heterocycles. The summed E-state index contributed by atoms with van der Waals surface area (Å²) in [7, 11) is 3.53. The molecular formula is C22H29N3O3. The molecule has 3 rings (SSSR count). The molecule has 0 saturated carbocycles. The lowest BCUT2D eigenvalue weighted by Gasteiger charge is -2.34. The fraction of sp³-hybridized carbons (Fsp3) is 0.455. The number of hydrogen-bond donors (Lipinski definition) is 0. The molecule has 6 heteroatoms. The van der Waals surface area contributed by atoms with Crippen molar-refractivity contribution < 1.29 is 14.3 Å². The molecule has 0 N–H and O–H groups in total. The summed E-state index contributed by atoms with van der Waals surface area (Å²) in [6, 6.07) is 11.5. The number of ether oxygens (including phenoxy) is 1. The number of amides is 1. The molecule has 1 fully saturated rings. The number of likely N-dealkylation sites (tertiary alicyclic amines) is 1. The van der Waals surface area contributed by atoms with Crippen molar-refractivity contribution in [1.82, 2.24) is 9.80 Å². The SMILES string of the molecule is COc1ccccc1CCN1CCCC(CN(C)C(=O)c2ccc[n+]([O-])c2)C1. The molecule has 150 valence electrons. The highest BCUT2D eigenvalue weighted by Gasteiger charge is 2.24. The maximum absolute atomic E-state index is 12.6. The van der Waals surface area contributed by atoms with Crippen LogP contribution in [-0.2, 0) is 6.42 Å². The van der Waals surface area contributed by atoms with Gasteiger partial charge in [0.25, 0.3) is 5.91 Å². The molecule has 1 unspecified atom stereocenters. The molecule has 28 heavy (non-hydrogen) atoms. The predicted octanol–water partition coefficient (Wildman–Crippen LogP) is 2.36. The lowest BCUT2D eigenvalue weighted by molar-refractivity contribution is -0.605. The summed E-state index contributed by atoms with van der Waals surface area (Å²) in [5, 5.41) is 11.4. The highest BCUT2D eigenvalue weighted by atomic mass is 16.5. The Morgan fingerprint density at radius 1 is 1.32 bits per heavy atom. The molecule has 1 aromatic heterocycles. The highest BCUT2D eigenvalue weighted by molar-refractivity contribution is 5.93. The Balaban J connectivity index is 1.52. The monoisotopic (exact) mass is 383 g/mol. The second-order valence-electron chi connectivity index (χ2n) is 7.51. The molecule has 0 aliphatic carbocycles. The molecule has 0 radical (unpaired) electrons. The Morgan fingerprint density at radius 2 is 2.14 bits per heavy atom. The van der Waals surface area contributed by atoms with Crippen molar-refractivity contribution in [3.8, 4) is 5.75 Å². The van der Waals surface area contributed by atoms with E-state index >= 15 is 0 Å². The molecule has 1 saturated heterocycles. The number of aromatic nitrogens is 1. The minimum absolute atomic E-state index is 0.101. The van der Waals surface area contributed by atoms with E-state index in [2.05, 4.69) is 11.0 Å². The van der Waals surface area contributed by atoms with Crippen LogP contribution in [0, 0.1) is 11.1 Å². The van der Waals surface area contributed by atoms with Crippen LogP contribution in [-0.4, -0.2) is 56.0 Å². The minimum Gasteiger partial charge on any atom is -0.619 e. The topological polar surface area (TPSA) is 59.7 Å². The van der Waals surface area contributed by atoms with Crippen molar-refractivity contribution in [3.63, 3.8) is 0 Å². The van der Waals surface area contributed by atoms with E-state index in [1.807, 2.05) is 25.2 Å². The Kier molecular flexibility index (Phi) is 6.87. The maximum atomic E-state index is 12.6. The first-order valence-corrected chi connectivity index (χ1v) is 9.85. The third kappa shape index (κ3) is 5.23. The lowest BCUT2D eigenvalue weighted by atomic mass is 9.96. The second kappa shape index (κ2) is 9.55. The van der Waals surface area contributed by atoms with Crippen molar-refractivity contribution in [3.05, 3.63) is 65.1 Å². The van der Waals surface area contributed by atoms with E-state index in [9.17, 15) is 10.0 Å². The van der Waals surface area contributed by atoms with E-state index in [0.717, 1.165) is 44.6 Å². The summed E-state index contributed by atoms with van der Waals surface area (Å²) < 4.78 is 6.12. The number of rotatable bonds is 7. The van der Waals surface area contributed by atoms with E-state index in [-0.39, 0.29) is 5.91 Å². The molecule has 1 atom stereocenters. The first-order valence-electron chi connectivity index (χ1n) is 9.85. The minimum atomic E-state index is -0.101. The zero-order chi connectivity index (χ0) is 19.9. The molecule has 0 spiro atoms. The standard InChI is InChI=1S/C22H29N3O3/c1-23(22(26)20-9-6-13-25(27)17-20)15-18-7-5-12-24(16-18)14-11-19-8-3-4-10-21(19)28-2/h3-4,6,8-10,13,17-18H,5,7,11-12,14-16H2,1-2H3. The van der Waals surface area contributed by atoms with E-state index in [1.165, 1.54) is 18.0 Å². The molecule has 2 aromatic rings. The molecule has 0 bridgehead atoms. The van der Waals surface area contributed by atoms with Gasteiger partial charge in [-0.15, -0.1) is 0 Å². The summed E-state index contributed by atoms with van der Waals surface area (Å²) in [6.45, 7) is 3.78. The van der Waals surface area contributed by atoms with Crippen LogP contribution < -0.4 is 9.47 Å². The molecule has 1 aliphatic rings. The Labute approximate surface area is 166 Å². The Bertz CT molecular complexity index is 796. The molecule has 6 nitrogen and oxygen atoms in total. The number of para-hydroxylation sites is 1. The van der Waals surface area contributed by atoms with Gasteiger partial charge in [-0.3, -0.25) is 4.79 Å². The van der Waals surface area contributed by atoms with Gasteiger partial charge < -0.3 is 19.7 Å². The second-order valence-corrected chi connectivity index (χ2v) is 7.51. The van der Waals surface area contributed by atoms with Crippen molar-refractivity contribution in [2.75, 3.05) is 40.3 Å². The van der Waals surface area contributed by atoms with Crippen LogP contribution in [0.25, 0.3) is 0 Å². The first-order chi connectivity index (χ1) is 13.6. The van der Waals surface area contributed by atoms with E-state index in [4.69, 9.17) is 4.74 Å². The van der Waals surface area contributed by atoms with Crippen LogP contribution in [0.3, 0.4) is 0 Å². The summed E-state index contributed by atoms with van der Waals surface area (Å²) in [5.74, 6) is 1.29. The molecule has 1 aromatic carbocycles. The van der Waals surface area contributed by atoms with E-state index in [0.29, 0.717) is 22.8 Å². The normalized spacial score (nSPS) is 17.3. The Hall–Kier alpha value is -2.60. The van der Waals surface area contributed by atoms with Gasteiger partial charge in [-0.25, -0.2) is 0 Å². The average Bonchev–Trinajstić information content (AvgIpc) is 2.72. The fourth-order valence-corrected chi connectivity index (χ4v) is 3.96. The van der Waals surface area contributed by atoms with Gasteiger partial charge in [0, 0.05) is 32.7 Å². The van der Waals surface area contributed by atoms with Crippen LogP contribution in [0.4, 0.5) is 0 Å². The number of pyridine rings is 1. The smallest absolute Gasteiger partial charge is 0.259 e.